The Bertz CT molecular complexity index is 450. The summed E-state index contributed by atoms with van der Waals surface area (Å²) in [4.78, 5) is 25.1. The van der Waals surface area contributed by atoms with E-state index < -0.39 is 0 Å². The molecule has 5 heteroatoms. The Morgan fingerprint density at radius 3 is 2.42 bits per heavy atom. The van der Waals surface area contributed by atoms with Crippen molar-refractivity contribution >= 4 is 17.5 Å². The molecular formula is C14H18N2O3. The van der Waals surface area contributed by atoms with E-state index in [2.05, 4.69) is 10.2 Å². The first kappa shape index (κ1) is 13.5. The Hall–Kier alpha value is -1.88. The fraction of sp³-hybridized carbons (Fsp3) is 0.429. The number of nitrogens with one attached hydrogen (secondary N) is 1. The van der Waals surface area contributed by atoms with Gasteiger partial charge in [-0.3, -0.25) is 14.9 Å². The summed E-state index contributed by atoms with van der Waals surface area (Å²) in [5.41, 5.74) is 1.57. The van der Waals surface area contributed by atoms with E-state index in [-0.39, 0.29) is 11.8 Å². The lowest BCUT2D eigenvalue weighted by Crippen LogP contribution is -2.36. The van der Waals surface area contributed by atoms with Crippen LogP contribution >= 0.6 is 0 Å². The van der Waals surface area contributed by atoms with Crippen LogP contribution in [0.5, 0.6) is 0 Å². The first-order chi connectivity index (χ1) is 9.20. The van der Waals surface area contributed by atoms with Crippen LogP contribution < -0.4 is 10.2 Å². The third-order valence-electron chi connectivity index (χ3n) is 3.08. The average molecular weight is 262 g/mol. The molecule has 1 N–H and O–H groups in total. The van der Waals surface area contributed by atoms with Gasteiger partial charge >= 0.3 is 0 Å². The highest BCUT2D eigenvalue weighted by molar-refractivity contribution is 6.04. The highest BCUT2D eigenvalue weighted by atomic mass is 16.5. The lowest BCUT2D eigenvalue weighted by Gasteiger charge is -2.28. The van der Waals surface area contributed by atoms with Crippen LogP contribution in [0.3, 0.4) is 0 Å². The van der Waals surface area contributed by atoms with Gasteiger partial charge < -0.3 is 9.64 Å². The molecule has 1 aromatic rings. The molecule has 1 aliphatic heterocycles. The number of amides is 2. The summed E-state index contributed by atoms with van der Waals surface area (Å²) in [6, 6.07) is 7.28. The lowest BCUT2D eigenvalue weighted by molar-refractivity contribution is -0.119. The number of hydrogen-bond donors (Lipinski definition) is 1. The van der Waals surface area contributed by atoms with Gasteiger partial charge in [0.2, 0.25) is 5.91 Å². The second-order valence-corrected chi connectivity index (χ2v) is 4.38. The fourth-order valence-corrected chi connectivity index (χ4v) is 1.93. The Kier molecular flexibility index (Phi) is 4.52. The minimum atomic E-state index is -0.347. The van der Waals surface area contributed by atoms with Crippen LogP contribution in [-0.4, -0.2) is 38.1 Å². The van der Waals surface area contributed by atoms with Gasteiger partial charge in [0, 0.05) is 30.8 Å². The molecule has 0 spiro atoms. The SMILES string of the molecule is CCC(=O)NC(=O)c1ccc(N2CCOCC2)cc1. The van der Waals surface area contributed by atoms with Gasteiger partial charge in [-0.15, -0.1) is 0 Å². The summed E-state index contributed by atoms with van der Waals surface area (Å²) in [6.07, 6.45) is 0.303. The van der Waals surface area contributed by atoms with E-state index in [1.807, 2.05) is 12.1 Å². The first-order valence-corrected chi connectivity index (χ1v) is 6.47. The maximum absolute atomic E-state index is 11.7. The van der Waals surface area contributed by atoms with Crippen LogP contribution in [0.2, 0.25) is 0 Å². The molecule has 0 bridgehead atoms. The zero-order valence-corrected chi connectivity index (χ0v) is 11.0. The van der Waals surface area contributed by atoms with Crippen LogP contribution in [-0.2, 0) is 9.53 Å². The molecule has 102 valence electrons. The van der Waals surface area contributed by atoms with Gasteiger partial charge in [0.25, 0.3) is 5.91 Å². The summed E-state index contributed by atoms with van der Waals surface area (Å²) in [5, 5.41) is 2.33. The van der Waals surface area contributed by atoms with Gasteiger partial charge in [-0.1, -0.05) is 6.92 Å². The Morgan fingerprint density at radius 2 is 1.84 bits per heavy atom. The number of benzene rings is 1. The van der Waals surface area contributed by atoms with E-state index in [4.69, 9.17) is 4.74 Å². The van der Waals surface area contributed by atoms with E-state index in [0.717, 1.165) is 32.0 Å². The molecule has 0 atom stereocenters. The highest BCUT2D eigenvalue weighted by Crippen LogP contribution is 2.16. The Morgan fingerprint density at radius 1 is 1.21 bits per heavy atom. The number of carbonyl (C=O) groups is 2. The summed E-state index contributed by atoms with van der Waals surface area (Å²) in [6.45, 7) is 4.89. The molecule has 5 nitrogen and oxygen atoms in total. The maximum Gasteiger partial charge on any atom is 0.257 e. The number of morpholine rings is 1. The van der Waals surface area contributed by atoms with Gasteiger partial charge in [0.15, 0.2) is 0 Å². The summed E-state index contributed by atoms with van der Waals surface area (Å²) in [5.74, 6) is -0.609. The van der Waals surface area contributed by atoms with E-state index in [0.29, 0.717) is 12.0 Å². The van der Waals surface area contributed by atoms with Crippen LogP contribution in [0.15, 0.2) is 24.3 Å². The average Bonchev–Trinajstić information content (AvgIpc) is 2.48. The standard InChI is InChI=1S/C14H18N2O3/c1-2-13(17)15-14(18)11-3-5-12(6-4-11)16-7-9-19-10-8-16/h3-6H,2,7-10H2,1H3,(H,15,17,18). The second kappa shape index (κ2) is 6.33. The molecule has 1 heterocycles. The first-order valence-electron chi connectivity index (χ1n) is 6.47. The predicted molar refractivity (Wildman–Crippen MR) is 72.2 cm³/mol. The molecule has 19 heavy (non-hydrogen) atoms. The van der Waals surface area contributed by atoms with Crippen LogP contribution in [0, 0.1) is 0 Å². The van der Waals surface area contributed by atoms with E-state index in [1.165, 1.54) is 0 Å². The smallest absolute Gasteiger partial charge is 0.257 e. The minimum Gasteiger partial charge on any atom is -0.378 e. The molecule has 0 unspecified atom stereocenters. The largest absolute Gasteiger partial charge is 0.378 e. The molecule has 2 rings (SSSR count). The van der Waals surface area contributed by atoms with Gasteiger partial charge in [-0.05, 0) is 24.3 Å². The molecule has 1 saturated heterocycles. The third kappa shape index (κ3) is 3.54. The zero-order valence-electron chi connectivity index (χ0n) is 11.0. The molecule has 0 aliphatic carbocycles. The number of hydrogen-bond acceptors (Lipinski definition) is 4. The molecule has 1 aliphatic rings. The molecule has 0 aromatic heterocycles. The zero-order chi connectivity index (χ0) is 13.7. The van der Waals surface area contributed by atoms with Crippen molar-refractivity contribution in [2.45, 2.75) is 13.3 Å². The number of nitrogens with zero attached hydrogens (tertiary/aromatic N) is 1. The van der Waals surface area contributed by atoms with Crippen molar-refractivity contribution in [1.82, 2.24) is 5.32 Å². The van der Waals surface area contributed by atoms with Gasteiger partial charge in [-0.25, -0.2) is 0 Å². The summed E-state index contributed by atoms with van der Waals surface area (Å²) < 4.78 is 5.30. The van der Waals surface area contributed by atoms with Crippen molar-refractivity contribution in [2.24, 2.45) is 0 Å². The van der Waals surface area contributed by atoms with Crippen LogP contribution in [0.1, 0.15) is 23.7 Å². The van der Waals surface area contributed by atoms with E-state index in [1.54, 1.807) is 19.1 Å². The summed E-state index contributed by atoms with van der Waals surface area (Å²) >= 11 is 0. The molecule has 0 saturated carbocycles. The minimum absolute atomic E-state index is 0.262. The number of rotatable bonds is 3. The van der Waals surface area contributed by atoms with Crippen LogP contribution in [0.4, 0.5) is 5.69 Å². The Labute approximate surface area is 112 Å². The highest BCUT2D eigenvalue weighted by Gasteiger charge is 2.13. The van der Waals surface area contributed by atoms with Crippen molar-refractivity contribution < 1.29 is 14.3 Å². The van der Waals surface area contributed by atoms with Gasteiger partial charge in [0.05, 0.1) is 13.2 Å². The number of imide groups is 1. The number of carbonyl (C=O) groups excluding carboxylic acids is 2. The monoisotopic (exact) mass is 262 g/mol. The molecule has 2 amide bonds. The summed E-state index contributed by atoms with van der Waals surface area (Å²) in [7, 11) is 0. The molecule has 1 aromatic carbocycles. The topological polar surface area (TPSA) is 58.6 Å². The van der Waals surface area contributed by atoms with Crippen molar-refractivity contribution in [1.29, 1.82) is 0 Å². The molecular weight excluding hydrogens is 244 g/mol. The van der Waals surface area contributed by atoms with Gasteiger partial charge in [-0.2, -0.15) is 0 Å². The third-order valence-corrected chi connectivity index (χ3v) is 3.08. The van der Waals surface area contributed by atoms with E-state index in [9.17, 15) is 9.59 Å². The van der Waals surface area contributed by atoms with Crippen molar-refractivity contribution in [3.05, 3.63) is 29.8 Å². The van der Waals surface area contributed by atoms with E-state index >= 15 is 0 Å². The van der Waals surface area contributed by atoms with Crippen molar-refractivity contribution in [3.8, 4) is 0 Å². The fourth-order valence-electron chi connectivity index (χ4n) is 1.93. The number of anilines is 1. The Balaban J connectivity index is 2.01. The molecule has 0 radical (unpaired) electrons. The predicted octanol–water partition coefficient (Wildman–Crippen LogP) is 1.19. The number of ether oxygens (including phenoxy) is 1. The van der Waals surface area contributed by atoms with Crippen molar-refractivity contribution in [2.75, 3.05) is 31.2 Å². The van der Waals surface area contributed by atoms with Gasteiger partial charge in [0.1, 0.15) is 0 Å². The quantitative estimate of drug-likeness (QED) is 0.889. The maximum atomic E-state index is 11.7. The normalized spacial score (nSPS) is 15.1. The van der Waals surface area contributed by atoms with Crippen LogP contribution in [0.25, 0.3) is 0 Å². The second-order valence-electron chi connectivity index (χ2n) is 4.38. The molecule has 1 fully saturated rings. The van der Waals surface area contributed by atoms with Crippen molar-refractivity contribution in [3.63, 3.8) is 0 Å². The lowest BCUT2D eigenvalue weighted by atomic mass is 10.1.